The minimum absolute atomic E-state index is 0.00848. The maximum atomic E-state index is 10.9. The molecule has 1 aromatic heterocycles. The first kappa shape index (κ1) is 15.3. The van der Waals surface area contributed by atoms with Gasteiger partial charge >= 0.3 is 5.97 Å². The van der Waals surface area contributed by atoms with Gasteiger partial charge in [0.2, 0.25) is 0 Å². The molecule has 0 bridgehead atoms. The third-order valence-corrected chi connectivity index (χ3v) is 5.36. The number of carbonyl (C=O) groups is 1. The molecule has 0 saturated heterocycles. The maximum absolute atomic E-state index is 10.9. The van der Waals surface area contributed by atoms with Crippen LogP contribution in [-0.2, 0) is 4.79 Å². The van der Waals surface area contributed by atoms with Crippen molar-refractivity contribution in [2.24, 2.45) is 0 Å². The van der Waals surface area contributed by atoms with Crippen molar-refractivity contribution < 1.29 is 9.90 Å². The third-order valence-electron chi connectivity index (χ3n) is 4.42. The van der Waals surface area contributed by atoms with Crippen molar-refractivity contribution in [2.45, 2.75) is 30.8 Å². The number of thioether (sulfide) groups is 1. The number of hydrogen-bond donors (Lipinski definition) is 1. The third kappa shape index (κ3) is 2.69. The van der Waals surface area contributed by atoms with E-state index >= 15 is 0 Å². The van der Waals surface area contributed by atoms with Gasteiger partial charge in [-0.25, -0.2) is 4.98 Å². The van der Waals surface area contributed by atoms with Gasteiger partial charge in [-0.1, -0.05) is 42.1 Å². The zero-order valence-electron chi connectivity index (χ0n) is 13.4. The number of carboxylic acid groups (broad SMARTS) is 1. The molecule has 1 heterocycles. The van der Waals surface area contributed by atoms with E-state index in [9.17, 15) is 4.79 Å². The molecule has 0 spiro atoms. The van der Waals surface area contributed by atoms with Crippen molar-refractivity contribution >= 4 is 28.5 Å². The Labute approximate surface area is 144 Å². The van der Waals surface area contributed by atoms with E-state index in [1.54, 1.807) is 6.20 Å². The zero-order valence-corrected chi connectivity index (χ0v) is 14.2. The predicted octanol–water partition coefficient (Wildman–Crippen LogP) is 4.39. The number of nitrogens with zero attached hydrogens (tertiary/aromatic N) is 2. The second kappa shape index (κ2) is 5.98. The van der Waals surface area contributed by atoms with Gasteiger partial charge in [-0.3, -0.25) is 9.36 Å². The summed E-state index contributed by atoms with van der Waals surface area (Å²) >= 11 is 1.25. The Morgan fingerprint density at radius 1 is 1.25 bits per heavy atom. The van der Waals surface area contributed by atoms with Gasteiger partial charge in [0, 0.05) is 17.3 Å². The van der Waals surface area contributed by atoms with Crippen LogP contribution >= 0.6 is 11.8 Å². The van der Waals surface area contributed by atoms with Crippen molar-refractivity contribution in [1.82, 2.24) is 9.55 Å². The first-order valence-electron chi connectivity index (χ1n) is 8.06. The fourth-order valence-corrected chi connectivity index (χ4v) is 3.94. The number of aliphatic carboxylic acids is 1. The quantitative estimate of drug-likeness (QED) is 0.701. The lowest BCUT2D eigenvalue weighted by Crippen LogP contribution is -2.04. The van der Waals surface area contributed by atoms with E-state index in [0.29, 0.717) is 5.92 Å². The van der Waals surface area contributed by atoms with E-state index in [-0.39, 0.29) is 5.75 Å². The van der Waals surface area contributed by atoms with Gasteiger partial charge in [-0.15, -0.1) is 0 Å². The van der Waals surface area contributed by atoms with Crippen LogP contribution in [0.2, 0.25) is 0 Å². The summed E-state index contributed by atoms with van der Waals surface area (Å²) in [6.45, 7) is 2.00. The lowest BCUT2D eigenvalue weighted by atomic mass is 9.99. The number of aryl methyl sites for hydroxylation is 1. The molecule has 2 aromatic carbocycles. The zero-order chi connectivity index (χ0) is 16.7. The monoisotopic (exact) mass is 338 g/mol. The molecule has 0 atom stereocenters. The predicted molar refractivity (Wildman–Crippen MR) is 96.1 cm³/mol. The number of carboxylic acids is 1. The maximum Gasteiger partial charge on any atom is 0.313 e. The van der Waals surface area contributed by atoms with Crippen LogP contribution < -0.4 is 0 Å². The lowest BCUT2D eigenvalue weighted by molar-refractivity contribution is -0.133. The highest BCUT2D eigenvalue weighted by atomic mass is 32.2. The molecule has 5 heteroatoms. The van der Waals surface area contributed by atoms with Crippen LogP contribution in [0, 0.1) is 6.92 Å². The van der Waals surface area contributed by atoms with Crippen LogP contribution in [0.15, 0.2) is 47.8 Å². The van der Waals surface area contributed by atoms with E-state index in [1.807, 2.05) is 6.92 Å². The van der Waals surface area contributed by atoms with Gasteiger partial charge in [-0.05, 0) is 42.7 Å². The van der Waals surface area contributed by atoms with Crippen LogP contribution in [0.25, 0.3) is 16.5 Å². The molecule has 0 radical (unpaired) electrons. The van der Waals surface area contributed by atoms with Gasteiger partial charge in [0.25, 0.3) is 0 Å². The molecule has 4 nitrogen and oxygen atoms in total. The number of imidazole rings is 1. The van der Waals surface area contributed by atoms with Gasteiger partial charge in [0.05, 0.1) is 11.4 Å². The SMILES string of the molecule is Cc1cnc(SCC(=O)O)n1-c1ccc(C2CC2)c2ccccc12. The Balaban J connectivity index is 1.87. The number of aromatic nitrogens is 2. The minimum atomic E-state index is -0.832. The van der Waals surface area contributed by atoms with E-state index in [0.717, 1.165) is 16.5 Å². The number of rotatable bonds is 5. The molecule has 1 saturated carbocycles. The van der Waals surface area contributed by atoms with Crippen LogP contribution in [-0.4, -0.2) is 26.4 Å². The second-order valence-electron chi connectivity index (χ2n) is 6.19. The van der Waals surface area contributed by atoms with Crippen LogP contribution in [0.3, 0.4) is 0 Å². The first-order valence-corrected chi connectivity index (χ1v) is 9.04. The van der Waals surface area contributed by atoms with Crippen LogP contribution in [0.1, 0.15) is 30.0 Å². The lowest BCUT2D eigenvalue weighted by Gasteiger charge is -2.15. The van der Waals surface area contributed by atoms with Gasteiger partial charge in [-0.2, -0.15) is 0 Å². The fourth-order valence-electron chi connectivity index (χ4n) is 3.19. The Hall–Kier alpha value is -2.27. The Kier molecular flexibility index (Phi) is 3.81. The molecular formula is C19H18N2O2S. The van der Waals surface area contributed by atoms with Crippen LogP contribution in [0.5, 0.6) is 0 Å². The number of benzene rings is 2. The van der Waals surface area contributed by atoms with Gasteiger partial charge < -0.3 is 5.11 Å². The largest absolute Gasteiger partial charge is 0.481 e. The summed E-state index contributed by atoms with van der Waals surface area (Å²) in [6, 6.07) is 12.8. The summed E-state index contributed by atoms with van der Waals surface area (Å²) in [5.41, 5.74) is 3.50. The Morgan fingerprint density at radius 3 is 2.71 bits per heavy atom. The summed E-state index contributed by atoms with van der Waals surface area (Å²) in [7, 11) is 0. The fraction of sp³-hybridized carbons (Fsp3) is 0.263. The van der Waals surface area contributed by atoms with E-state index in [4.69, 9.17) is 5.11 Å². The molecule has 24 heavy (non-hydrogen) atoms. The molecule has 0 unspecified atom stereocenters. The molecular weight excluding hydrogens is 320 g/mol. The highest BCUT2D eigenvalue weighted by Gasteiger charge is 2.26. The van der Waals surface area contributed by atoms with Gasteiger partial charge in [0.1, 0.15) is 0 Å². The van der Waals surface area contributed by atoms with Crippen molar-refractivity contribution in [1.29, 1.82) is 0 Å². The van der Waals surface area contributed by atoms with Crippen molar-refractivity contribution in [2.75, 3.05) is 5.75 Å². The summed E-state index contributed by atoms with van der Waals surface area (Å²) in [4.78, 5) is 15.3. The number of fused-ring (bicyclic) bond motifs is 1. The smallest absolute Gasteiger partial charge is 0.313 e. The second-order valence-corrected chi connectivity index (χ2v) is 7.14. The molecule has 122 valence electrons. The standard InChI is InChI=1S/C19H18N2O2S/c1-12-10-20-19(24-11-18(22)23)21(12)17-9-8-14(13-6-7-13)15-4-2-3-5-16(15)17/h2-5,8-10,13H,6-7,11H2,1H3,(H,22,23). The average molecular weight is 338 g/mol. The molecule has 3 aromatic rings. The Morgan fingerprint density at radius 2 is 2.00 bits per heavy atom. The molecule has 1 N–H and O–H groups in total. The first-order chi connectivity index (χ1) is 11.6. The Bertz CT molecular complexity index is 928. The molecule has 1 aliphatic carbocycles. The molecule has 1 fully saturated rings. The highest BCUT2D eigenvalue weighted by molar-refractivity contribution is 7.99. The number of hydrogen-bond acceptors (Lipinski definition) is 3. The van der Waals surface area contributed by atoms with E-state index in [2.05, 4.69) is 45.9 Å². The topological polar surface area (TPSA) is 55.1 Å². The highest BCUT2D eigenvalue weighted by Crippen LogP contribution is 2.44. The summed E-state index contributed by atoms with van der Waals surface area (Å²) in [6.07, 6.45) is 4.34. The van der Waals surface area contributed by atoms with Crippen LogP contribution in [0.4, 0.5) is 0 Å². The van der Waals surface area contributed by atoms with Crippen molar-refractivity contribution in [3.8, 4) is 5.69 Å². The average Bonchev–Trinajstić information content (AvgIpc) is 3.35. The summed E-state index contributed by atoms with van der Waals surface area (Å²) in [5.74, 6) is -0.135. The molecule has 1 aliphatic rings. The molecule has 4 rings (SSSR count). The molecule has 0 aliphatic heterocycles. The molecule has 0 amide bonds. The van der Waals surface area contributed by atoms with E-state index < -0.39 is 5.97 Å². The summed E-state index contributed by atoms with van der Waals surface area (Å²) < 4.78 is 2.06. The van der Waals surface area contributed by atoms with Crippen molar-refractivity contribution in [3.05, 3.63) is 53.9 Å². The normalized spacial score (nSPS) is 14.2. The minimum Gasteiger partial charge on any atom is -0.481 e. The van der Waals surface area contributed by atoms with Gasteiger partial charge in [0.15, 0.2) is 5.16 Å². The summed E-state index contributed by atoms with van der Waals surface area (Å²) in [5, 5.41) is 12.2. The van der Waals surface area contributed by atoms with Crippen molar-refractivity contribution in [3.63, 3.8) is 0 Å². The van der Waals surface area contributed by atoms with E-state index in [1.165, 1.54) is 40.9 Å².